The van der Waals surface area contributed by atoms with E-state index in [9.17, 15) is 10.2 Å². The quantitative estimate of drug-likeness (QED) is 0.526. The summed E-state index contributed by atoms with van der Waals surface area (Å²) in [6.45, 7) is 4.08. The molecule has 0 bridgehead atoms. The zero-order valence-corrected chi connectivity index (χ0v) is 7.12. The Morgan fingerprint density at radius 1 is 1.27 bits per heavy atom. The zero-order valence-electron chi connectivity index (χ0n) is 7.12. The summed E-state index contributed by atoms with van der Waals surface area (Å²) in [4.78, 5) is 0. The standard InChI is InChI=1S/C8H17NO2/c1-5(2)9-6-3-4-7(10)8(6)11/h5-11H,3-4H2,1-2H3/t6-,7-,8-/m1/s1. The van der Waals surface area contributed by atoms with Gasteiger partial charge in [-0.3, -0.25) is 0 Å². The molecule has 1 saturated carbocycles. The second kappa shape index (κ2) is 3.52. The van der Waals surface area contributed by atoms with Crippen molar-refractivity contribution >= 4 is 0 Å². The van der Waals surface area contributed by atoms with Gasteiger partial charge in [0.25, 0.3) is 0 Å². The number of nitrogens with one attached hydrogen (secondary N) is 1. The molecule has 0 saturated heterocycles. The lowest BCUT2D eigenvalue weighted by molar-refractivity contribution is 0.0289. The molecule has 3 N–H and O–H groups in total. The first kappa shape index (κ1) is 8.97. The number of aliphatic hydroxyl groups is 2. The van der Waals surface area contributed by atoms with Crippen LogP contribution >= 0.6 is 0 Å². The molecule has 0 aromatic carbocycles. The number of rotatable bonds is 2. The third-order valence-electron chi connectivity index (χ3n) is 2.13. The summed E-state index contributed by atoms with van der Waals surface area (Å²) in [5.41, 5.74) is 0. The van der Waals surface area contributed by atoms with Crippen molar-refractivity contribution < 1.29 is 10.2 Å². The first-order valence-corrected chi connectivity index (χ1v) is 4.23. The highest BCUT2D eigenvalue weighted by Gasteiger charge is 2.33. The fourth-order valence-electron chi connectivity index (χ4n) is 1.57. The average Bonchev–Trinajstić information content (AvgIpc) is 2.18. The minimum absolute atomic E-state index is 0.0880. The van der Waals surface area contributed by atoms with Crippen molar-refractivity contribution in [3.05, 3.63) is 0 Å². The van der Waals surface area contributed by atoms with E-state index in [0.717, 1.165) is 6.42 Å². The van der Waals surface area contributed by atoms with Crippen LogP contribution in [0.4, 0.5) is 0 Å². The summed E-state index contributed by atoms with van der Waals surface area (Å²) in [5, 5.41) is 21.8. The number of hydrogen-bond donors (Lipinski definition) is 3. The van der Waals surface area contributed by atoms with Crippen LogP contribution in [0.15, 0.2) is 0 Å². The Hall–Kier alpha value is -0.120. The molecule has 66 valence electrons. The highest BCUT2D eigenvalue weighted by atomic mass is 16.3. The van der Waals surface area contributed by atoms with E-state index in [1.165, 1.54) is 0 Å². The van der Waals surface area contributed by atoms with Gasteiger partial charge in [0.15, 0.2) is 0 Å². The van der Waals surface area contributed by atoms with Gasteiger partial charge in [-0.2, -0.15) is 0 Å². The van der Waals surface area contributed by atoms with E-state index in [4.69, 9.17) is 0 Å². The van der Waals surface area contributed by atoms with Crippen molar-refractivity contribution in [3.8, 4) is 0 Å². The summed E-state index contributed by atoms with van der Waals surface area (Å²) < 4.78 is 0. The molecule has 1 rings (SSSR count). The van der Waals surface area contributed by atoms with Crippen molar-refractivity contribution in [2.24, 2.45) is 0 Å². The van der Waals surface area contributed by atoms with Crippen LogP contribution in [0.5, 0.6) is 0 Å². The second-order valence-corrected chi connectivity index (χ2v) is 3.56. The lowest BCUT2D eigenvalue weighted by Crippen LogP contribution is -2.42. The Morgan fingerprint density at radius 2 is 1.91 bits per heavy atom. The van der Waals surface area contributed by atoms with Gasteiger partial charge < -0.3 is 15.5 Å². The molecule has 0 heterocycles. The second-order valence-electron chi connectivity index (χ2n) is 3.56. The molecule has 0 aromatic rings. The molecule has 1 fully saturated rings. The minimum Gasteiger partial charge on any atom is -0.390 e. The zero-order chi connectivity index (χ0) is 8.43. The predicted octanol–water partition coefficient (Wildman–Crippen LogP) is -0.131. The minimum atomic E-state index is -0.572. The molecule has 3 atom stereocenters. The van der Waals surface area contributed by atoms with E-state index >= 15 is 0 Å². The molecule has 3 nitrogen and oxygen atoms in total. The molecular formula is C8H17NO2. The molecule has 3 heteroatoms. The van der Waals surface area contributed by atoms with Gasteiger partial charge in [-0.25, -0.2) is 0 Å². The molecule has 1 aliphatic rings. The largest absolute Gasteiger partial charge is 0.390 e. The van der Waals surface area contributed by atoms with Gasteiger partial charge in [0.05, 0.1) is 12.2 Å². The molecule has 0 aromatic heterocycles. The van der Waals surface area contributed by atoms with E-state index in [0.29, 0.717) is 12.5 Å². The van der Waals surface area contributed by atoms with Crippen LogP contribution in [0.3, 0.4) is 0 Å². The van der Waals surface area contributed by atoms with Gasteiger partial charge in [-0.1, -0.05) is 13.8 Å². The third kappa shape index (κ3) is 2.15. The van der Waals surface area contributed by atoms with Crippen LogP contribution in [0, 0.1) is 0 Å². The Morgan fingerprint density at radius 3 is 2.27 bits per heavy atom. The molecular weight excluding hydrogens is 142 g/mol. The van der Waals surface area contributed by atoms with Crippen LogP contribution in [0.25, 0.3) is 0 Å². The van der Waals surface area contributed by atoms with Gasteiger partial charge >= 0.3 is 0 Å². The van der Waals surface area contributed by atoms with E-state index < -0.39 is 12.2 Å². The topological polar surface area (TPSA) is 52.5 Å². The normalized spacial score (nSPS) is 38.5. The first-order chi connectivity index (χ1) is 5.11. The van der Waals surface area contributed by atoms with E-state index in [1.54, 1.807) is 0 Å². The first-order valence-electron chi connectivity index (χ1n) is 4.23. The van der Waals surface area contributed by atoms with Crippen molar-refractivity contribution in [2.75, 3.05) is 0 Å². The maximum absolute atomic E-state index is 9.39. The monoisotopic (exact) mass is 159 g/mol. The summed E-state index contributed by atoms with van der Waals surface area (Å²) in [7, 11) is 0. The smallest absolute Gasteiger partial charge is 0.0951 e. The fourth-order valence-corrected chi connectivity index (χ4v) is 1.57. The maximum atomic E-state index is 9.39. The van der Waals surface area contributed by atoms with E-state index in [-0.39, 0.29) is 6.04 Å². The van der Waals surface area contributed by atoms with Crippen molar-refractivity contribution in [1.29, 1.82) is 0 Å². The van der Waals surface area contributed by atoms with Crippen LogP contribution in [-0.2, 0) is 0 Å². The van der Waals surface area contributed by atoms with Gasteiger partial charge in [0, 0.05) is 12.1 Å². The van der Waals surface area contributed by atoms with E-state index in [2.05, 4.69) is 5.32 Å². The molecule has 11 heavy (non-hydrogen) atoms. The average molecular weight is 159 g/mol. The van der Waals surface area contributed by atoms with Crippen molar-refractivity contribution in [2.45, 2.75) is 51.0 Å². The molecule has 1 aliphatic carbocycles. The predicted molar refractivity (Wildman–Crippen MR) is 43.3 cm³/mol. The van der Waals surface area contributed by atoms with Crippen LogP contribution in [-0.4, -0.2) is 34.5 Å². The van der Waals surface area contributed by atoms with Crippen LogP contribution in [0.2, 0.25) is 0 Å². The Bertz CT molecular complexity index is 127. The summed E-state index contributed by atoms with van der Waals surface area (Å²) >= 11 is 0. The van der Waals surface area contributed by atoms with Gasteiger partial charge in [-0.05, 0) is 12.8 Å². The summed E-state index contributed by atoms with van der Waals surface area (Å²) in [6, 6.07) is 0.463. The molecule has 0 spiro atoms. The highest BCUT2D eigenvalue weighted by molar-refractivity contribution is 4.89. The Kier molecular flexibility index (Phi) is 2.87. The number of hydrogen-bond acceptors (Lipinski definition) is 3. The highest BCUT2D eigenvalue weighted by Crippen LogP contribution is 2.19. The van der Waals surface area contributed by atoms with E-state index in [1.807, 2.05) is 13.8 Å². The third-order valence-corrected chi connectivity index (χ3v) is 2.13. The fraction of sp³-hybridized carbons (Fsp3) is 1.00. The number of aliphatic hydroxyl groups excluding tert-OH is 2. The SMILES string of the molecule is CC(C)N[C@@H]1CC[C@@H](O)[C@@H]1O. The summed E-state index contributed by atoms with van der Waals surface area (Å²) in [6.07, 6.45) is 0.496. The van der Waals surface area contributed by atoms with Gasteiger partial charge in [0.2, 0.25) is 0 Å². The van der Waals surface area contributed by atoms with Crippen LogP contribution in [0.1, 0.15) is 26.7 Å². The lowest BCUT2D eigenvalue weighted by atomic mass is 10.2. The van der Waals surface area contributed by atoms with Crippen molar-refractivity contribution in [3.63, 3.8) is 0 Å². The van der Waals surface area contributed by atoms with Crippen LogP contribution < -0.4 is 5.32 Å². The maximum Gasteiger partial charge on any atom is 0.0951 e. The van der Waals surface area contributed by atoms with Crippen molar-refractivity contribution in [1.82, 2.24) is 5.32 Å². The van der Waals surface area contributed by atoms with Gasteiger partial charge in [-0.15, -0.1) is 0 Å². The summed E-state index contributed by atoms with van der Waals surface area (Å²) in [5.74, 6) is 0. The Labute approximate surface area is 67.4 Å². The molecule has 0 radical (unpaired) electrons. The lowest BCUT2D eigenvalue weighted by Gasteiger charge is -2.20. The Balaban J connectivity index is 2.36. The molecule has 0 aliphatic heterocycles. The molecule has 0 amide bonds. The van der Waals surface area contributed by atoms with Gasteiger partial charge in [0.1, 0.15) is 0 Å². The molecule has 0 unspecified atom stereocenters.